The zero-order valence-corrected chi connectivity index (χ0v) is 12.4. The van der Waals surface area contributed by atoms with Crippen molar-refractivity contribution >= 4 is 12.0 Å². The highest BCUT2D eigenvalue weighted by molar-refractivity contribution is 5.80. The lowest BCUT2D eigenvalue weighted by atomic mass is 9.75. The van der Waals surface area contributed by atoms with E-state index < -0.39 is 5.97 Å². The molecule has 1 rings (SSSR count). The predicted octanol–water partition coefficient (Wildman–Crippen LogP) is 2.46. The molecule has 2 N–H and O–H groups in total. The Balaban J connectivity index is 2.51. The maximum atomic E-state index is 12.1. The van der Waals surface area contributed by atoms with Crippen molar-refractivity contribution in [2.45, 2.75) is 65.5 Å². The first-order valence-electron chi connectivity index (χ1n) is 7.00. The molecule has 0 aliphatic heterocycles. The SMILES string of the molecule is CC(C)N(CC(=O)O)C(=O)NC1CCC(C)(C)CC1. The second-order valence-electron chi connectivity index (χ2n) is 6.50. The molecule has 0 radical (unpaired) electrons. The van der Waals surface area contributed by atoms with Crippen LogP contribution in [0.1, 0.15) is 53.4 Å². The highest BCUT2D eigenvalue weighted by atomic mass is 16.4. The molecule has 1 aliphatic rings. The first kappa shape index (κ1) is 15.8. The van der Waals surface area contributed by atoms with Gasteiger partial charge in [-0.25, -0.2) is 4.79 Å². The van der Waals surface area contributed by atoms with E-state index >= 15 is 0 Å². The van der Waals surface area contributed by atoms with Crippen LogP contribution < -0.4 is 5.32 Å². The molecule has 5 heteroatoms. The fourth-order valence-corrected chi connectivity index (χ4v) is 2.44. The molecule has 0 spiro atoms. The van der Waals surface area contributed by atoms with Crippen molar-refractivity contribution < 1.29 is 14.7 Å². The summed E-state index contributed by atoms with van der Waals surface area (Å²) in [7, 11) is 0. The Morgan fingerprint density at radius 2 is 1.84 bits per heavy atom. The quantitative estimate of drug-likeness (QED) is 0.824. The third kappa shape index (κ3) is 5.09. The molecule has 0 aromatic heterocycles. The van der Waals surface area contributed by atoms with Crippen molar-refractivity contribution in [1.82, 2.24) is 10.2 Å². The smallest absolute Gasteiger partial charge is 0.323 e. The minimum absolute atomic E-state index is 0.115. The maximum Gasteiger partial charge on any atom is 0.323 e. The van der Waals surface area contributed by atoms with Crippen molar-refractivity contribution in [3.05, 3.63) is 0 Å². The first-order chi connectivity index (χ1) is 8.71. The average molecular weight is 270 g/mol. The molecule has 5 nitrogen and oxygen atoms in total. The number of carbonyl (C=O) groups excluding carboxylic acids is 1. The summed E-state index contributed by atoms with van der Waals surface area (Å²) in [6, 6.07) is -0.200. The van der Waals surface area contributed by atoms with E-state index in [1.165, 1.54) is 4.90 Å². The number of aliphatic carboxylic acids is 1. The fraction of sp³-hybridized carbons (Fsp3) is 0.857. The average Bonchev–Trinajstić information content (AvgIpc) is 2.28. The summed E-state index contributed by atoms with van der Waals surface area (Å²) < 4.78 is 0. The zero-order valence-electron chi connectivity index (χ0n) is 12.4. The number of rotatable bonds is 4. The molecular weight excluding hydrogens is 244 g/mol. The molecular formula is C14H26N2O3. The molecule has 0 aromatic rings. The number of carbonyl (C=O) groups is 2. The van der Waals surface area contributed by atoms with Gasteiger partial charge in [-0.3, -0.25) is 4.79 Å². The number of hydrogen-bond donors (Lipinski definition) is 2. The molecule has 0 atom stereocenters. The molecule has 0 saturated heterocycles. The second-order valence-corrected chi connectivity index (χ2v) is 6.50. The van der Waals surface area contributed by atoms with Gasteiger partial charge in [-0.1, -0.05) is 13.8 Å². The third-order valence-electron chi connectivity index (χ3n) is 3.86. The normalized spacial score (nSPS) is 19.2. The van der Waals surface area contributed by atoms with Gasteiger partial charge in [-0.05, 0) is 44.9 Å². The molecule has 0 bridgehead atoms. The van der Waals surface area contributed by atoms with Crippen LogP contribution in [0.3, 0.4) is 0 Å². The lowest BCUT2D eigenvalue weighted by Crippen LogP contribution is -2.50. The first-order valence-corrected chi connectivity index (χ1v) is 7.00. The van der Waals surface area contributed by atoms with E-state index in [-0.39, 0.29) is 24.7 Å². The second kappa shape index (κ2) is 6.26. The van der Waals surface area contributed by atoms with Crippen molar-refractivity contribution in [2.75, 3.05) is 6.54 Å². The van der Waals surface area contributed by atoms with E-state index in [0.29, 0.717) is 5.41 Å². The number of nitrogens with one attached hydrogen (secondary N) is 1. The van der Waals surface area contributed by atoms with Crippen molar-refractivity contribution in [2.24, 2.45) is 5.41 Å². The highest BCUT2D eigenvalue weighted by Crippen LogP contribution is 2.35. The number of urea groups is 1. The molecule has 0 unspecified atom stereocenters. The fourth-order valence-electron chi connectivity index (χ4n) is 2.44. The van der Waals surface area contributed by atoms with E-state index in [0.717, 1.165) is 25.7 Å². The van der Waals surface area contributed by atoms with E-state index in [9.17, 15) is 9.59 Å². The number of nitrogens with zero attached hydrogens (tertiary/aromatic N) is 1. The minimum Gasteiger partial charge on any atom is -0.480 e. The van der Waals surface area contributed by atoms with Gasteiger partial charge >= 0.3 is 12.0 Å². The summed E-state index contributed by atoms with van der Waals surface area (Å²) in [6.45, 7) is 7.90. The van der Waals surface area contributed by atoms with Crippen LogP contribution in [0.25, 0.3) is 0 Å². The van der Waals surface area contributed by atoms with E-state index in [4.69, 9.17) is 5.11 Å². The molecule has 19 heavy (non-hydrogen) atoms. The number of amides is 2. The summed E-state index contributed by atoms with van der Waals surface area (Å²) >= 11 is 0. The van der Waals surface area contributed by atoms with Crippen LogP contribution in [0.5, 0.6) is 0 Å². The van der Waals surface area contributed by atoms with Crippen LogP contribution in [0, 0.1) is 5.41 Å². The van der Waals surface area contributed by atoms with Gasteiger partial charge in [0.1, 0.15) is 6.54 Å². The van der Waals surface area contributed by atoms with Gasteiger partial charge in [0.2, 0.25) is 0 Å². The summed E-state index contributed by atoms with van der Waals surface area (Å²) in [6.07, 6.45) is 4.13. The third-order valence-corrected chi connectivity index (χ3v) is 3.86. The molecule has 0 heterocycles. The topological polar surface area (TPSA) is 69.6 Å². The molecule has 2 amide bonds. The molecule has 1 aliphatic carbocycles. The number of carboxylic acids is 1. The van der Waals surface area contributed by atoms with Gasteiger partial charge in [0.05, 0.1) is 0 Å². The highest BCUT2D eigenvalue weighted by Gasteiger charge is 2.29. The van der Waals surface area contributed by atoms with Crippen LogP contribution >= 0.6 is 0 Å². The Morgan fingerprint density at radius 3 is 2.26 bits per heavy atom. The van der Waals surface area contributed by atoms with Crippen LogP contribution in [0.15, 0.2) is 0 Å². The van der Waals surface area contributed by atoms with E-state index in [2.05, 4.69) is 19.2 Å². The maximum absolute atomic E-state index is 12.1. The molecule has 110 valence electrons. The van der Waals surface area contributed by atoms with Gasteiger partial charge in [-0.15, -0.1) is 0 Å². The van der Waals surface area contributed by atoms with Crippen LogP contribution in [-0.4, -0.2) is 40.6 Å². The zero-order chi connectivity index (χ0) is 14.6. The Morgan fingerprint density at radius 1 is 1.32 bits per heavy atom. The summed E-state index contributed by atoms with van der Waals surface area (Å²) in [5.41, 5.74) is 0.361. The molecule has 0 aromatic carbocycles. The minimum atomic E-state index is -0.978. The standard InChI is InChI=1S/C14H26N2O3/c1-10(2)16(9-12(17)18)13(19)15-11-5-7-14(3,4)8-6-11/h10-11H,5-9H2,1-4H3,(H,15,19)(H,17,18). The lowest BCUT2D eigenvalue weighted by molar-refractivity contribution is -0.138. The number of hydrogen-bond acceptors (Lipinski definition) is 2. The predicted molar refractivity (Wildman–Crippen MR) is 74.0 cm³/mol. The largest absolute Gasteiger partial charge is 0.480 e. The summed E-state index contributed by atoms with van der Waals surface area (Å²) in [5, 5.41) is 11.8. The summed E-state index contributed by atoms with van der Waals surface area (Å²) in [4.78, 5) is 24.2. The monoisotopic (exact) mass is 270 g/mol. The Labute approximate surface area is 115 Å². The van der Waals surface area contributed by atoms with E-state index in [1.807, 2.05) is 13.8 Å². The Kier molecular flexibility index (Phi) is 5.20. The Bertz CT molecular complexity index is 330. The van der Waals surface area contributed by atoms with E-state index in [1.54, 1.807) is 0 Å². The lowest BCUT2D eigenvalue weighted by Gasteiger charge is -2.36. The Hall–Kier alpha value is -1.26. The van der Waals surface area contributed by atoms with Crippen LogP contribution in [-0.2, 0) is 4.79 Å². The van der Waals surface area contributed by atoms with Gasteiger partial charge < -0.3 is 15.3 Å². The van der Waals surface area contributed by atoms with Gasteiger partial charge in [0, 0.05) is 12.1 Å². The number of carboxylic acid groups (broad SMARTS) is 1. The van der Waals surface area contributed by atoms with Crippen LogP contribution in [0.2, 0.25) is 0 Å². The van der Waals surface area contributed by atoms with Gasteiger partial charge in [0.25, 0.3) is 0 Å². The van der Waals surface area contributed by atoms with Crippen LogP contribution in [0.4, 0.5) is 4.79 Å². The van der Waals surface area contributed by atoms with Crippen molar-refractivity contribution in [1.29, 1.82) is 0 Å². The summed E-state index contributed by atoms with van der Waals surface area (Å²) in [5.74, 6) is -0.978. The van der Waals surface area contributed by atoms with Gasteiger partial charge in [0.15, 0.2) is 0 Å². The molecule has 1 fully saturated rings. The molecule has 1 saturated carbocycles. The van der Waals surface area contributed by atoms with Crippen molar-refractivity contribution in [3.63, 3.8) is 0 Å². The van der Waals surface area contributed by atoms with Crippen molar-refractivity contribution in [3.8, 4) is 0 Å². The van der Waals surface area contributed by atoms with Gasteiger partial charge in [-0.2, -0.15) is 0 Å².